The Hall–Kier alpha value is -0.850. The van der Waals surface area contributed by atoms with E-state index in [1.54, 1.807) is 18.1 Å². The third-order valence-electron chi connectivity index (χ3n) is 2.35. The van der Waals surface area contributed by atoms with Gasteiger partial charge in [0, 0.05) is 22.5 Å². The molecule has 17 heavy (non-hydrogen) atoms. The van der Waals surface area contributed by atoms with Gasteiger partial charge in [0.2, 0.25) is 0 Å². The Kier molecular flexibility index (Phi) is 3.86. The van der Waals surface area contributed by atoms with Crippen LogP contribution in [0.2, 0.25) is 0 Å². The SMILES string of the molecule is CC(N)c1ccc(Sc2nncn2C)c(Br)c1. The highest BCUT2D eigenvalue weighted by Gasteiger charge is 2.09. The van der Waals surface area contributed by atoms with E-state index in [-0.39, 0.29) is 6.04 Å². The van der Waals surface area contributed by atoms with Gasteiger partial charge in [0.1, 0.15) is 6.33 Å². The number of hydrogen-bond donors (Lipinski definition) is 1. The van der Waals surface area contributed by atoms with E-state index in [0.717, 1.165) is 20.1 Å². The fourth-order valence-corrected chi connectivity index (χ4v) is 2.75. The average molecular weight is 313 g/mol. The molecule has 0 aliphatic rings. The standard InChI is InChI=1S/C11H13BrN4S/c1-7(13)8-3-4-10(9(12)5-8)17-11-15-14-6-16(11)2/h3-7H,13H2,1-2H3. The van der Waals surface area contributed by atoms with Crippen molar-refractivity contribution in [2.24, 2.45) is 12.8 Å². The number of hydrogen-bond acceptors (Lipinski definition) is 4. The van der Waals surface area contributed by atoms with E-state index in [1.807, 2.05) is 36.7 Å². The third kappa shape index (κ3) is 2.88. The zero-order valence-corrected chi connectivity index (χ0v) is 12.0. The summed E-state index contributed by atoms with van der Waals surface area (Å²) >= 11 is 5.12. The van der Waals surface area contributed by atoms with E-state index < -0.39 is 0 Å². The zero-order valence-electron chi connectivity index (χ0n) is 9.59. The van der Waals surface area contributed by atoms with Crippen LogP contribution in [-0.2, 0) is 7.05 Å². The second-order valence-corrected chi connectivity index (χ2v) is 5.67. The highest BCUT2D eigenvalue weighted by Crippen LogP contribution is 2.33. The van der Waals surface area contributed by atoms with Gasteiger partial charge >= 0.3 is 0 Å². The summed E-state index contributed by atoms with van der Waals surface area (Å²) in [5.41, 5.74) is 6.95. The zero-order chi connectivity index (χ0) is 12.4. The largest absolute Gasteiger partial charge is 0.324 e. The number of nitrogens with zero attached hydrogens (tertiary/aromatic N) is 3. The van der Waals surface area contributed by atoms with Gasteiger partial charge in [-0.25, -0.2) is 0 Å². The molecule has 2 N–H and O–H groups in total. The van der Waals surface area contributed by atoms with Crippen LogP contribution in [0.1, 0.15) is 18.5 Å². The maximum atomic E-state index is 5.84. The normalized spacial score (nSPS) is 12.7. The Bertz CT molecular complexity index is 524. The smallest absolute Gasteiger partial charge is 0.195 e. The summed E-state index contributed by atoms with van der Waals surface area (Å²) in [6.07, 6.45) is 1.69. The molecule has 1 unspecified atom stereocenters. The molecule has 6 heteroatoms. The monoisotopic (exact) mass is 312 g/mol. The van der Waals surface area contributed by atoms with Crippen molar-refractivity contribution in [3.63, 3.8) is 0 Å². The lowest BCUT2D eigenvalue weighted by atomic mass is 10.1. The molecule has 0 aliphatic heterocycles. The van der Waals surface area contributed by atoms with Crippen LogP contribution in [0, 0.1) is 0 Å². The van der Waals surface area contributed by atoms with Gasteiger partial charge in [-0.05, 0) is 52.3 Å². The van der Waals surface area contributed by atoms with Crippen molar-refractivity contribution in [3.05, 3.63) is 34.6 Å². The molecule has 2 aromatic rings. The molecule has 90 valence electrons. The summed E-state index contributed by atoms with van der Waals surface area (Å²) in [5.74, 6) is 0. The number of halogens is 1. The Morgan fingerprint density at radius 1 is 1.47 bits per heavy atom. The quantitative estimate of drug-likeness (QED) is 0.946. The van der Waals surface area contributed by atoms with Crippen molar-refractivity contribution >= 4 is 27.7 Å². The van der Waals surface area contributed by atoms with Crippen molar-refractivity contribution in [1.29, 1.82) is 0 Å². The first-order valence-corrected chi connectivity index (χ1v) is 6.75. The van der Waals surface area contributed by atoms with Crippen molar-refractivity contribution in [3.8, 4) is 0 Å². The molecule has 0 aliphatic carbocycles. The maximum Gasteiger partial charge on any atom is 0.195 e. The van der Waals surface area contributed by atoms with Crippen LogP contribution in [0.5, 0.6) is 0 Å². The second kappa shape index (κ2) is 5.20. The van der Waals surface area contributed by atoms with E-state index in [1.165, 1.54) is 0 Å². The molecule has 0 fully saturated rings. The van der Waals surface area contributed by atoms with Gasteiger partial charge in [-0.2, -0.15) is 0 Å². The Balaban J connectivity index is 2.26. The van der Waals surface area contributed by atoms with Crippen molar-refractivity contribution < 1.29 is 0 Å². The van der Waals surface area contributed by atoms with E-state index in [0.29, 0.717) is 0 Å². The van der Waals surface area contributed by atoms with Crippen LogP contribution in [0.25, 0.3) is 0 Å². The number of benzene rings is 1. The number of rotatable bonds is 3. The van der Waals surface area contributed by atoms with Gasteiger partial charge < -0.3 is 10.3 Å². The first kappa shape index (κ1) is 12.6. The van der Waals surface area contributed by atoms with Crippen molar-refractivity contribution in [2.45, 2.75) is 23.0 Å². The molecule has 2 rings (SSSR count). The van der Waals surface area contributed by atoms with Gasteiger partial charge in [-0.15, -0.1) is 10.2 Å². The van der Waals surface area contributed by atoms with Gasteiger partial charge in [-0.1, -0.05) is 6.07 Å². The van der Waals surface area contributed by atoms with Gasteiger partial charge in [0.15, 0.2) is 5.16 Å². The lowest BCUT2D eigenvalue weighted by molar-refractivity contribution is 0.788. The Morgan fingerprint density at radius 2 is 2.24 bits per heavy atom. The highest BCUT2D eigenvalue weighted by atomic mass is 79.9. The number of aryl methyl sites for hydroxylation is 1. The van der Waals surface area contributed by atoms with E-state index in [4.69, 9.17) is 5.73 Å². The molecular formula is C11H13BrN4S. The minimum Gasteiger partial charge on any atom is -0.324 e. The maximum absolute atomic E-state index is 5.84. The molecule has 1 aromatic carbocycles. The second-order valence-electron chi connectivity index (χ2n) is 3.81. The highest BCUT2D eigenvalue weighted by molar-refractivity contribution is 9.10. The molecule has 0 saturated heterocycles. The molecule has 0 bridgehead atoms. The fraction of sp³-hybridized carbons (Fsp3) is 0.273. The first-order chi connectivity index (χ1) is 8.08. The van der Waals surface area contributed by atoms with Crippen LogP contribution >= 0.6 is 27.7 Å². The van der Waals surface area contributed by atoms with Gasteiger partial charge in [-0.3, -0.25) is 0 Å². The fourth-order valence-electron chi connectivity index (χ4n) is 1.35. The molecule has 0 amide bonds. The minimum atomic E-state index is 0.0418. The van der Waals surface area contributed by atoms with Crippen LogP contribution in [0.15, 0.2) is 39.1 Å². The van der Waals surface area contributed by atoms with Crippen LogP contribution in [-0.4, -0.2) is 14.8 Å². The van der Waals surface area contributed by atoms with E-state index in [9.17, 15) is 0 Å². The lowest BCUT2D eigenvalue weighted by Crippen LogP contribution is -2.04. The summed E-state index contributed by atoms with van der Waals surface area (Å²) < 4.78 is 2.91. The van der Waals surface area contributed by atoms with Crippen LogP contribution in [0.3, 0.4) is 0 Å². The summed E-state index contributed by atoms with van der Waals surface area (Å²) in [5, 5.41) is 8.75. The van der Waals surface area contributed by atoms with E-state index >= 15 is 0 Å². The number of aromatic nitrogens is 3. The molecule has 1 atom stereocenters. The molecule has 1 heterocycles. The Morgan fingerprint density at radius 3 is 2.76 bits per heavy atom. The van der Waals surface area contributed by atoms with Crippen molar-refractivity contribution in [1.82, 2.24) is 14.8 Å². The summed E-state index contributed by atoms with van der Waals surface area (Å²) in [6.45, 7) is 1.97. The summed E-state index contributed by atoms with van der Waals surface area (Å²) in [7, 11) is 1.92. The van der Waals surface area contributed by atoms with Crippen molar-refractivity contribution in [2.75, 3.05) is 0 Å². The molecule has 1 aromatic heterocycles. The van der Waals surface area contributed by atoms with E-state index in [2.05, 4.69) is 26.1 Å². The Labute approximate surface area is 113 Å². The molecule has 0 saturated carbocycles. The lowest BCUT2D eigenvalue weighted by Gasteiger charge is -2.09. The first-order valence-electron chi connectivity index (χ1n) is 5.15. The molecule has 0 spiro atoms. The van der Waals surface area contributed by atoms with Gasteiger partial charge in [0.25, 0.3) is 0 Å². The predicted molar refractivity (Wildman–Crippen MR) is 71.9 cm³/mol. The topological polar surface area (TPSA) is 56.7 Å². The minimum absolute atomic E-state index is 0.0418. The summed E-state index contributed by atoms with van der Waals surface area (Å²) in [4.78, 5) is 1.10. The van der Waals surface area contributed by atoms with Gasteiger partial charge in [0.05, 0.1) is 0 Å². The average Bonchev–Trinajstić information content (AvgIpc) is 2.67. The third-order valence-corrected chi connectivity index (χ3v) is 4.40. The summed E-state index contributed by atoms with van der Waals surface area (Å²) in [6, 6.07) is 6.17. The van der Waals surface area contributed by atoms with Crippen LogP contribution < -0.4 is 5.73 Å². The van der Waals surface area contributed by atoms with Crippen LogP contribution in [0.4, 0.5) is 0 Å². The molecule has 4 nitrogen and oxygen atoms in total. The number of nitrogens with two attached hydrogens (primary N) is 1. The molecular weight excluding hydrogens is 300 g/mol. The molecule has 0 radical (unpaired) electrons. The predicted octanol–water partition coefficient (Wildman–Crippen LogP) is 2.75.